The molecular formula is C15H19N3. The molecule has 0 aromatic carbocycles. The van der Waals surface area contributed by atoms with Gasteiger partial charge in [-0.3, -0.25) is 0 Å². The zero-order valence-electron chi connectivity index (χ0n) is 10.7. The van der Waals surface area contributed by atoms with Gasteiger partial charge in [0, 0.05) is 13.1 Å². The fraction of sp³-hybridized carbons (Fsp3) is 0.600. The quantitative estimate of drug-likeness (QED) is 0.758. The minimum absolute atomic E-state index is 0.503. The van der Waals surface area contributed by atoms with E-state index in [0.29, 0.717) is 11.1 Å². The van der Waals surface area contributed by atoms with Gasteiger partial charge in [-0.05, 0) is 43.2 Å². The number of nitriles is 1. The Morgan fingerprint density at radius 3 is 2.39 bits per heavy atom. The molecule has 1 spiro atoms. The summed E-state index contributed by atoms with van der Waals surface area (Å²) in [4.78, 5) is 6.57. The molecule has 0 radical (unpaired) electrons. The fourth-order valence-corrected chi connectivity index (χ4v) is 3.50. The molecule has 94 valence electrons. The molecule has 1 saturated heterocycles. The summed E-state index contributed by atoms with van der Waals surface area (Å²) < 4.78 is 0. The Bertz CT molecular complexity index is 442. The van der Waals surface area contributed by atoms with E-state index in [1.54, 1.807) is 0 Å². The lowest BCUT2D eigenvalue weighted by molar-refractivity contribution is 0.226. The minimum atomic E-state index is 0.503. The lowest BCUT2D eigenvalue weighted by atomic mass is 9.77. The van der Waals surface area contributed by atoms with Crippen LogP contribution in [-0.4, -0.2) is 18.1 Å². The third-order valence-corrected chi connectivity index (χ3v) is 4.72. The van der Waals surface area contributed by atoms with E-state index in [4.69, 9.17) is 5.26 Å². The Kier molecular flexibility index (Phi) is 2.95. The van der Waals surface area contributed by atoms with Crippen molar-refractivity contribution in [1.82, 2.24) is 4.98 Å². The highest BCUT2D eigenvalue weighted by atomic mass is 15.1. The maximum atomic E-state index is 8.75. The third kappa shape index (κ3) is 2.08. The van der Waals surface area contributed by atoms with Crippen molar-refractivity contribution >= 4 is 5.69 Å². The van der Waals surface area contributed by atoms with Gasteiger partial charge in [0.15, 0.2) is 0 Å². The van der Waals surface area contributed by atoms with Gasteiger partial charge in [0.1, 0.15) is 11.8 Å². The average Bonchev–Trinajstić information content (AvgIpc) is 2.88. The van der Waals surface area contributed by atoms with E-state index in [1.165, 1.54) is 44.2 Å². The Labute approximate surface area is 108 Å². The molecule has 3 nitrogen and oxygen atoms in total. The first-order chi connectivity index (χ1) is 8.81. The highest BCUT2D eigenvalue weighted by molar-refractivity contribution is 5.46. The maximum Gasteiger partial charge on any atom is 0.140 e. The number of hydrogen-bond acceptors (Lipinski definition) is 3. The van der Waals surface area contributed by atoms with Crippen LogP contribution in [0.25, 0.3) is 0 Å². The lowest BCUT2D eigenvalue weighted by Gasteiger charge is -2.40. The van der Waals surface area contributed by atoms with Crippen LogP contribution in [0.4, 0.5) is 5.69 Å². The normalized spacial score (nSPS) is 22.1. The standard InChI is InChI=1S/C15H19N3/c16-11-13-3-4-14(12-17-13)18-9-7-15(8-10-18)5-1-2-6-15/h3-4,12H,1-2,5-10H2. The van der Waals surface area contributed by atoms with E-state index in [9.17, 15) is 0 Å². The van der Waals surface area contributed by atoms with E-state index in [0.717, 1.165) is 13.1 Å². The highest BCUT2D eigenvalue weighted by Crippen LogP contribution is 2.46. The second-order valence-corrected chi connectivity index (χ2v) is 5.71. The molecule has 2 fully saturated rings. The zero-order valence-corrected chi connectivity index (χ0v) is 10.7. The topological polar surface area (TPSA) is 39.9 Å². The predicted molar refractivity (Wildman–Crippen MR) is 71.3 cm³/mol. The summed E-state index contributed by atoms with van der Waals surface area (Å²) in [6, 6.07) is 5.91. The Morgan fingerprint density at radius 2 is 1.83 bits per heavy atom. The number of piperidine rings is 1. The molecule has 0 unspecified atom stereocenters. The number of rotatable bonds is 1. The Morgan fingerprint density at radius 1 is 1.11 bits per heavy atom. The van der Waals surface area contributed by atoms with Crippen molar-refractivity contribution < 1.29 is 0 Å². The van der Waals surface area contributed by atoms with Gasteiger partial charge >= 0.3 is 0 Å². The van der Waals surface area contributed by atoms with Gasteiger partial charge in [-0.2, -0.15) is 5.26 Å². The summed E-state index contributed by atoms with van der Waals surface area (Å²) in [6.07, 6.45) is 10.2. The van der Waals surface area contributed by atoms with Gasteiger partial charge in [0.25, 0.3) is 0 Å². The Balaban J connectivity index is 1.66. The molecule has 18 heavy (non-hydrogen) atoms. The number of hydrogen-bond donors (Lipinski definition) is 0. The molecule has 1 aromatic rings. The van der Waals surface area contributed by atoms with E-state index < -0.39 is 0 Å². The van der Waals surface area contributed by atoms with Crippen LogP contribution in [0.3, 0.4) is 0 Å². The summed E-state index contributed by atoms with van der Waals surface area (Å²) in [6.45, 7) is 2.29. The molecule has 3 heteroatoms. The summed E-state index contributed by atoms with van der Waals surface area (Å²) in [5.41, 5.74) is 2.33. The molecule has 2 heterocycles. The first kappa shape index (κ1) is 11.5. The minimum Gasteiger partial charge on any atom is -0.370 e. The van der Waals surface area contributed by atoms with E-state index in [-0.39, 0.29) is 0 Å². The van der Waals surface area contributed by atoms with Crippen LogP contribution in [0.5, 0.6) is 0 Å². The van der Waals surface area contributed by atoms with Gasteiger partial charge in [0.05, 0.1) is 11.9 Å². The molecule has 1 aliphatic carbocycles. The predicted octanol–water partition coefficient (Wildman–Crippen LogP) is 3.11. The average molecular weight is 241 g/mol. The van der Waals surface area contributed by atoms with Crippen LogP contribution in [-0.2, 0) is 0 Å². The molecular weight excluding hydrogens is 222 g/mol. The van der Waals surface area contributed by atoms with E-state index in [1.807, 2.05) is 18.3 Å². The van der Waals surface area contributed by atoms with Gasteiger partial charge in [0.2, 0.25) is 0 Å². The molecule has 1 aromatic heterocycles. The van der Waals surface area contributed by atoms with E-state index in [2.05, 4.69) is 16.0 Å². The monoisotopic (exact) mass is 241 g/mol. The van der Waals surface area contributed by atoms with Crippen molar-refractivity contribution in [3.05, 3.63) is 24.0 Å². The number of aromatic nitrogens is 1. The smallest absolute Gasteiger partial charge is 0.140 e. The van der Waals surface area contributed by atoms with Gasteiger partial charge in [-0.15, -0.1) is 0 Å². The van der Waals surface area contributed by atoms with E-state index >= 15 is 0 Å². The first-order valence-electron chi connectivity index (χ1n) is 6.93. The summed E-state index contributed by atoms with van der Waals surface area (Å²) in [5, 5.41) is 8.75. The second kappa shape index (κ2) is 4.61. The van der Waals surface area contributed by atoms with Crippen molar-refractivity contribution in [2.24, 2.45) is 5.41 Å². The van der Waals surface area contributed by atoms with Crippen LogP contribution >= 0.6 is 0 Å². The zero-order chi connectivity index (χ0) is 12.4. The number of anilines is 1. The Hall–Kier alpha value is -1.56. The molecule has 0 atom stereocenters. The second-order valence-electron chi connectivity index (χ2n) is 5.71. The molecule has 0 amide bonds. The molecule has 2 aliphatic rings. The van der Waals surface area contributed by atoms with Gasteiger partial charge in [-0.25, -0.2) is 4.98 Å². The SMILES string of the molecule is N#Cc1ccc(N2CCC3(CCCC3)CC2)cn1. The molecule has 0 N–H and O–H groups in total. The largest absolute Gasteiger partial charge is 0.370 e. The van der Waals surface area contributed by atoms with Crippen LogP contribution in [0.1, 0.15) is 44.2 Å². The summed E-state index contributed by atoms with van der Waals surface area (Å²) in [7, 11) is 0. The number of pyridine rings is 1. The molecule has 1 aliphatic heterocycles. The van der Waals surface area contributed by atoms with Gasteiger partial charge < -0.3 is 4.90 Å². The lowest BCUT2D eigenvalue weighted by Crippen LogP contribution is -2.38. The molecule has 1 saturated carbocycles. The van der Waals surface area contributed by atoms with Crippen molar-refractivity contribution in [3.8, 4) is 6.07 Å². The van der Waals surface area contributed by atoms with Crippen LogP contribution in [0.15, 0.2) is 18.3 Å². The fourth-order valence-electron chi connectivity index (χ4n) is 3.50. The number of nitrogens with zero attached hydrogens (tertiary/aromatic N) is 3. The van der Waals surface area contributed by atoms with Crippen LogP contribution in [0, 0.1) is 16.7 Å². The highest BCUT2D eigenvalue weighted by Gasteiger charge is 2.36. The van der Waals surface area contributed by atoms with Crippen LogP contribution in [0.2, 0.25) is 0 Å². The third-order valence-electron chi connectivity index (χ3n) is 4.72. The van der Waals surface area contributed by atoms with Crippen molar-refractivity contribution in [2.75, 3.05) is 18.0 Å². The first-order valence-corrected chi connectivity index (χ1v) is 6.93. The summed E-state index contributed by atoms with van der Waals surface area (Å²) >= 11 is 0. The van der Waals surface area contributed by atoms with Gasteiger partial charge in [-0.1, -0.05) is 12.8 Å². The maximum absolute atomic E-state index is 8.75. The summed E-state index contributed by atoms with van der Waals surface area (Å²) in [5.74, 6) is 0. The molecule has 3 rings (SSSR count). The van der Waals surface area contributed by atoms with Crippen LogP contribution < -0.4 is 4.90 Å². The molecule has 0 bridgehead atoms. The van der Waals surface area contributed by atoms with Crippen molar-refractivity contribution in [1.29, 1.82) is 5.26 Å². The van der Waals surface area contributed by atoms with Crippen molar-refractivity contribution in [3.63, 3.8) is 0 Å². The van der Waals surface area contributed by atoms with Crippen molar-refractivity contribution in [2.45, 2.75) is 38.5 Å².